The summed E-state index contributed by atoms with van der Waals surface area (Å²) in [6.07, 6.45) is 1.36. The van der Waals surface area contributed by atoms with Crippen LogP contribution in [0.15, 0.2) is 48.5 Å². The van der Waals surface area contributed by atoms with Gasteiger partial charge in [0.25, 0.3) is 0 Å². The van der Waals surface area contributed by atoms with Gasteiger partial charge in [-0.15, -0.1) is 0 Å². The van der Waals surface area contributed by atoms with Crippen molar-refractivity contribution in [2.75, 3.05) is 0 Å². The molecule has 4 heteroatoms. The quantitative estimate of drug-likeness (QED) is 0.647. The van der Waals surface area contributed by atoms with E-state index >= 15 is 0 Å². The lowest BCUT2D eigenvalue weighted by Crippen LogP contribution is -2.20. The maximum Gasteiger partial charge on any atom is 0.167 e. The van der Waals surface area contributed by atoms with Gasteiger partial charge in [0, 0.05) is 11.4 Å². The highest BCUT2D eigenvalue weighted by Gasteiger charge is 2.32. The maximum atomic E-state index is 12.8. The van der Waals surface area contributed by atoms with Crippen LogP contribution in [0.5, 0.6) is 0 Å². The molecular formula is C21H19ClN2O. The molecule has 1 atom stereocenters. The van der Waals surface area contributed by atoms with Crippen LogP contribution in [-0.4, -0.2) is 15.6 Å². The van der Waals surface area contributed by atoms with Crippen LogP contribution in [0, 0.1) is 13.8 Å². The number of nitrogens with zero attached hydrogens (tertiary/aromatic N) is 2. The second-order valence-electron chi connectivity index (χ2n) is 6.73. The predicted octanol–water partition coefficient (Wildman–Crippen LogP) is 5.06. The summed E-state index contributed by atoms with van der Waals surface area (Å²) in [5.41, 5.74) is 5.98. The van der Waals surface area contributed by atoms with Gasteiger partial charge in [-0.3, -0.25) is 4.79 Å². The SMILES string of the molecule is Cc1ccc([C@@H]2CC(=O)c3c(C)nn(-c4ccc(Cl)cc4)c3C2)cc1. The number of carbonyl (C=O) groups is 1. The Labute approximate surface area is 152 Å². The topological polar surface area (TPSA) is 34.9 Å². The molecule has 0 fully saturated rings. The van der Waals surface area contributed by atoms with Gasteiger partial charge >= 0.3 is 0 Å². The summed E-state index contributed by atoms with van der Waals surface area (Å²) in [4.78, 5) is 12.8. The Morgan fingerprint density at radius 3 is 2.36 bits per heavy atom. The first-order valence-electron chi connectivity index (χ1n) is 8.47. The molecule has 0 aliphatic heterocycles. The average molecular weight is 351 g/mol. The van der Waals surface area contributed by atoms with Gasteiger partial charge in [-0.25, -0.2) is 4.68 Å². The van der Waals surface area contributed by atoms with E-state index in [0.29, 0.717) is 11.4 Å². The third kappa shape index (κ3) is 2.89. The molecule has 1 aliphatic carbocycles. The molecular weight excluding hydrogens is 332 g/mol. The summed E-state index contributed by atoms with van der Waals surface area (Å²) in [5.74, 6) is 0.382. The fourth-order valence-corrected chi connectivity index (χ4v) is 3.75. The van der Waals surface area contributed by atoms with Gasteiger partial charge < -0.3 is 0 Å². The third-order valence-electron chi connectivity index (χ3n) is 4.93. The highest BCUT2D eigenvalue weighted by Crippen LogP contribution is 2.35. The molecule has 3 nitrogen and oxygen atoms in total. The molecule has 4 rings (SSSR count). The van der Waals surface area contributed by atoms with Gasteiger partial charge in [0.05, 0.1) is 22.6 Å². The number of hydrogen-bond donors (Lipinski definition) is 0. The lowest BCUT2D eigenvalue weighted by molar-refractivity contribution is 0.0963. The van der Waals surface area contributed by atoms with Gasteiger partial charge in [-0.05, 0) is 56.0 Å². The van der Waals surface area contributed by atoms with Crippen LogP contribution >= 0.6 is 11.6 Å². The lowest BCUT2D eigenvalue weighted by Gasteiger charge is -2.23. The number of Topliss-reactive ketones (excluding diaryl/α,β-unsaturated/α-hetero) is 1. The monoisotopic (exact) mass is 350 g/mol. The van der Waals surface area contributed by atoms with Crippen LogP contribution < -0.4 is 0 Å². The zero-order chi connectivity index (χ0) is 17.6. The second kappa shape index (κ2) is 6.16. The number of carbonyl (C=O) groups excluding carboxylic acids is 1. The average Bonchev–Trinajstić information content (AvgIpc) is 2.93. The minimum Gasteiger partial charge on any atom is -0.294 e. The number of ketones is 1. The maximum absolute atomic E-state index is 12.8. The number of hydrogen-bond acceptors (Lipinski definition) is 2. The van der Waals surface area contributed by atoms with E-state index in [1.165, 1.54) is 11.1 Å². The summed E-state index contributed by atoms with van der Waals surface area (Å²) in [7, 11) is 0. The summed E-state index contributed by atoms with van der Waals surface area (Å²) in [5, 5.41) is 5.33. The fraction of sp³-hybridized carbons (Fsp3) is 0.238. The highest BCUT2D eigenvalue weighted by atomic mass is 35.5. The van der Waals surface area contributed by atoms with Crippen molar-refractivity contribution in [2.45, 2.75) is 32.6 Å². The summed E-state index contributed by atoms with van der Waals surface area (Å²) in [6.45, 7) is 3.99. The number of aryl methyl sites for hydroxylation is 2. The van der Waals surface area contributed by atoms with Gasteiger partial charge in [-0.2, -0.15) is 5.10 Å². The summed E-state index contributed by atoms with van der Waals surface area (Å²) in [6, 6.07) is 16.1. The van der Waals surface area contributed by atoms with Crippen LogP contribution in [0.4, 0.5) is 0 Å². The molecule has 1 aromatic heterocycles. The van der Waals surface area contributed by atoms with Crippen molar-refractivity contribution < 1.29 is 4.79 Å². The smallest absolute Gasteiger partial charge is 0.167 e. The van der Waals surface area contributed by atoms with Crippen molar-refractivity contribution in [3.8, 4) is 5.69 Å². The first-order valence-corrected chi connectivity index (χ1v) is 8.85. The Kier molecular flexibility index (Phi) is 3.97. The van der Waals surface area contributed by atoms with Crippen LogP contribution in [0.2, 0.25) is 5.02 Å². The second-order valence-corrected chi connectivity index (χ2v) is 7.17. The fourth-order valence-electron chi connectivity index (χ4n) is 3.63. The van der Waals surface area contributed by atoms with Crippen molar-refractivity contribution >= 4 is 17.4 Å². The van der Waals surface area contributed by atoms with Crippen LogP contribution in [0.3, 0.4) is 0 Å². The number of benzene rings is 2. The van der Waals surface area contributed by atoms with Gasteiger partial charge in [0.1, 0.15) is 0 Å². The molecule has 1 heterocycles. The van der Waals surface area contributed by atoms with Crippen molar-refractivity contribution in [3.05, 3.63) is 81.6 Å². The van der Waals surface area contributed by atoms with E-state index in [0.717, 1.165) is 29.1 Å². The number of rotatable bonds is 2. The molecule has 0 N–H and O–H groups in total. The molecule has 25 heavy (non-hydrogen) atoms. The first kappa shape index (κ1) is 16.1. The molecule has 0 amide bonds. The number of fused-ring (bicyclic) bond motifs is 1. The molecule has 0 bridgehead atoms. The van der Waals surface area contributed by atoms with Crippen LogP contribution in [-0.2, 0) is 6.42 Å². The van der Waals surface area contributed by atoms with Gasteiger partial charge in [-0.1, -0.05) is 41.4 Å². The third-order valence-corrected chi connectivity index (χ3v) is 5.18. The predicted molar refractivity (Wildman–Crippen MR) is 99.9 cm³/mol. The highest BCUT2D eigenvalue weighted by molar-refractivity contribution is 6.30. The standard InChI is InChI=1S/C21H19ClN2O/c1-13-3-5-15(6-4-13)16-11-19-21(20(25)12-16)14(2)23-24(19)18-9-7-17(22)8-10-18/h3-10,16H,11-12H2,1-2H3/t16-/m0/s1. The molecule has 3 aromatic rings. The van der Waals surface area contributed by atoms with E-state index in [9.17, 15) is 4.79 Å². The van der Waals surface area contributed by atoms with E-state index in [1.54, 1.807) is 0 Å². The zero-order valence-corrected chi connectivity index (χ0v) is 15.0. The minimum absolute atomic E-state index is 0.185. The van der Waals surface area contributed by atoms with E-state index in [-0.39, 0.29) is 11.7 Å². The zero-order valence-electron chi connectivity index (χ0n) is 14.3. The van der Waals surface area contributed by atoms with Crippen molar-refractivity contribution in [1.29, 1.82) is 0 Å². The van der Waals surface area contributed by atoms with Crippen molar-refractivity contribution in [2.24, 2.45) is 0 Å². The Morgan fingerprint density at radius 2 is 1.68 bits per heavy atom. The number of aromatic nitrogens is 2. The van der Waals surface area contributed by atoms with Gasteiger partial charge in [0.2, 0.25) is 0 Å². The minimum atomic E-state index is 0.185. The van der Waals surface area contributed by atoms with Crippen molar-refractivity contribution in [3.63, 3.8) is 0 Å². The molecule has 0 spiro atoms. The van der Waals surface area contributed by atoms with E-state index in [1.807, 2.05) is 35.9 Å². The Bertz CT molecular complexity index is 939. The molecule has 2 aromatic carbocycles. The van der Waals surface area contributed by atoms with E-state index in [4.69, 9.17) is 11.6 Å². The largest absolute Gasteiger partial charge is 0.294 e. The number of halogens is 1. The normalized spacial score (nSPS) is 16.8. The Balaban J connectivity index is 1.78. The molecule has 1 aliphatic rings. The molecule has 126 valence electrons. The molecule has 0 saturated heterocycles. The van der Waals surface area contributed by atoms with E-state index in [2.05, 4.69) is 36.3 Å². The van der Waals surface area contributed by atoms with E-state index < -0.39 is 0 Å². The van der Waals surface area contributed by atoms with Crippen molar-refractivity contribution in [1.82, 2.24) is 9.78 Å². The Hall–Kier alpha value is -2.39. The first-order chi connectivity index (χ1) is 12.0. The van der Waals surface area contributed by atoms with Gasteiger partial charge in [0.15, 0.2) is 5.78 Å². The Morgan fingerprint density at radius 1 is 1.00 bits per heavy atom. The van der Waals surface area contributed by atoms with Crippen LogP contribution in [0.25, 0.3) is 5.69 Å². The molecule has 0 saturated carbocycles. The van der Waals surface area contributed by atoms with Crippen LogP contribution in [0.1, 0.15) is 45.2 Å². The lowest BCUT2D eigenvalue weighted by atomic mass is 9.81. The summed E-state index contributed by atoms with van der Waals surface area (Å²) >= 11 is 6.00. The molecule has 0 radical (unpaired) electrons. The summed E-state index contributed by atoms with van der Waals surface area (Å²) < 4.78 is 1.90. The molecule has 0 unspecified atom stereocenters.